The molecular weight excluding hydrogens is 276 g/mol. The predicted molar refractivity (Wildman–Crippen MR) is 81.8 cm³/mol. The Hall–Kier alpha value is -2.22. The number of nitriles is 1. The van der Waals surface area contributed by atoms with E-state index in [9.17, 15) is 0 Å². The van der Waals surface area contributed by atoms with Gasteiger partial charge in [0.05, 0.1) is 0 Å². The Morgan fingerprint density at radius 2 is 2.05 bits per heavy atom. The summed E-state index contributed by atoms with van der Waals surface area (Å²) in [6, 6.07) is 5.48. The van der Waals surface area contributed by atoms with Gasteiger partial charge in [-0.05, 0) is 30.9 Å². The molecule has 0 spiro atoms. The van der Waals surface area contributed by atoms with Crippen molar-refractivity contribution in [2.45, 2.75) is 51.4 Å². The van der Waals surface area contributed by atoms with Crippen LogP contribution in [0.25, 0.3) is 11.5 Å². The van der Waals surface area contributed by atoms with E-state index in [-0.39, 0.29) is 5.41 Å². The zero-order chi connectivity index (χ0) is 15.6. The van der Waals surface area contributed by atoms with Gasteiger partial charge < -0.3 is 4.52 Å². The molecule has 1 aliphatic carbocycles. The van der Waals surface area contributed by atoms with Gasteiger partial charge in [0.15, 0.2) is 5.82 Å². The summed E-state index contributed by atoms with van der Waals surface area (Å²) in [6.07, 6.45) is 7.95. The van der Waals surface area contributed by atoms with Crippen LogP contribution in [0.2, 0.25) is 0 Å². The van der Waals surface area contributed by atoms with E-state index in [0.29, 0.717) is 17.5 Å². The summed E-state index contributed by atoms with van der Waals surface area (Å²) < 4.78 is 5.43. The van der Waals surface area contributed by atoms with E-state index in [1.807, 2.05) is 6.07 Å². The topological polar surface area (TPSA) is 75.6 Å². The number of rotatable bonds is 3. The predicted octanol–water partition coefficient (Wildman–Crippen LogP) is 3.86. The van der Waals surface area contributed by atoms with Gasteiger partial charge in [-0.15, -0.1) is 0 Å². The highest BCUT2D eigenvalue weighted by Gasteiger charge is 2.36. The number of aromatic nitrogens is 3. The highest BCUT2D eigenvalue weighted by atomic mass is 16.5. The van der Waals surface area contributed by atoms with E-state index in [1.54, 1.807) is 18.3 Å². The summed E-state index contributed by atoms with van der Waals surface area (Å²) in [5, 5.41) is 13.1. The molecule has 1 fully saturated rings. The Morgan fingerprint density at radius 3 is 2.77 bits per heavy atom. The Labute approximate surface area is 130 Å². The average Bonchev–Trinajstić information content (AvgIpc) is 3.06. The molecule has 0 N–H and O–H groups in total. The van der Waals surface area contributed by atoms with Crippen molar-refractivity contribution in [3.63, 3.8) is 0 Å². The second-order valence-corrected chi connectivity index (χ2v) is 6.52. The van der Waals surface area contributed by atoms with Crippen LogP contribution in [-0.2, 0) is 5.41 Å². The summed E-state index contributed by atoms with van der Waals surface area (Å²) in [5.74, 6) is 1.81. The molecular formula is C17H20N4O. The smallest absolute Gasteiger partial charge is 0.258 e. The van der Waals surface area contributed by atoms with Crippen LogP contribution in [-0.4, -0.2) is 15.1 Å². The van der Waals surface area contributed by atoms with Gasteiger partial charge in [-0.3, -0.25) is 0 Å². The first-order valence-electron chi connectivity index (χ1n) is 7.82. The lowest BCUT2D eigenvalue weighted by Gasteiger charge is -2.34. The number of nitrogens with zero attached hydrogens (tertiary/aromatic N) is 4. The summed E-state index contributed by atoms with van der Waals surface area (Å²) in [6.45, 7) is 4.40. The maximum Gasteiger partial charge on any atom is 0.258 e. The van der Waals surface area contributed by atoms with Crippen molar-refractivity contribution in [3.8, 4) is 17.5 Å². The molecule has 2 aromatic heterocycles. The quantitative estimate of drug-likeness (QED) is 0.859. The lowest BCUT2D eigenvalue weighted by molar-refractivity contribution is 0.221. The van der Waals surface area contributed by atoms with Crippen LogP contribution in [0.1, 0.15) is 57.5 Å². The monoisotopic (exact) mass is 296 g/mol. The minimum Gasteiger partial charge on any atom is -0.334 e. The molecule has 1 aliphatic rings. The van der Waals surface area contributed by atoms with Gasteiger partial charge in [0.2, 0.25) is 0 Å². The second-order valence-electron chi connectivity index (χ2n) is 6.52. The zero-order valence-corrected chi connectivity index (χ0v) is 13.0. The molecule has 5 nitrogen and oxygen atoms in total. The third kappa shape index (κ3) is 2.74. The Kier molecular flexibility index (Phi) is 3.93. The fourth-order valence-electron chi connectivity index (χ4n) is 3.23. The molecule has 1 saturated carbocycles. The summed E-state index contributed by atoms with van der Waals surface area (Å²) in [7, 11) is 0. The van der Waals surface area contributed by atoms with Crippen molar-refractivity contribution >= 4 is 0 Å². The van der Waals surface area contributed by atoms with Crippen LogP contribution in [0.5, 0.6) is 0 Å². The first-order valence-corrected chi connectivity index (χ1v) is 7.82. The molecule has 5 heteroatoms. The molecule has 2 aromatic rings. The maximum atomic E-state index is 8.93. The van der Waals surface area contributed by atoms with Gasteiger partial charge in [0.1, 0.15) is 11.8 Å². The van der Waals surface area contributed by atoms with Gasteiger partial charge in [0.25, 0.3) is 5.89 Å². The SMILES string of the molecule is CC(C)(c1noc(-c2ccnc(C#N)c2)n1)C1CCCCC1. The van der Waals surface area contributed by atoms with Crippen LogP contribution in [0, 0.1) is 17.2 Å². The van der Waals surface area contributed by atoms with E-state index in [4.69, 9.17) is 9.78 Å². The summed E-state index contributed by atoms with van der Waals surface area (Å²) in [5.41, 5.74) is 1.00. The lowest BCUT2D eigenvalue weighted by atomic mass is 9.70. The fraction of sp³-hybridized carbons (Fsp3) is 0.529. The van der Waals surface area contributed by atoms with Crippen molar-refractivity contribution < 1.29 is 4.52 Å². The van der Waals surface area contributed by atoms with Crippen LogP contribution in [0.3, 0.4) is 0 Å². The number of hydrogen-bond acceptors (Lipinski definition) is 5. The van der Waals surface area contributed by atoms with Crippen LogP contribution < -0.4 is 0 Å². The molecule has 2 heterocycles. The minimum absolute atomic E-state index is 0.0900. The van der Waals surface area contributed by atoms with Gasteiger partial charge >= 0.3 is 0 Å². The lowest BCUT2D eigenvalue weighted by Crippen LogP contribution is -2.31. The van der Waals surface area contributed by atoms with Gasteiger partial charge in [-0.1, -0.05) is 38.3 Å². The summed E-state index contributed by atoms with van der Waals surface area (Å²) >= 11 is 0. The van der Waals surface area contributed by atoms with E-state index in [0.717, 1.165) is 11.4 Å². The standard InChI is InChI=1S/C17H20N4O/c1-17(2,13-6-4-3-5-7-13)16-20-15(22-21-16)12-8-9-19-14(10-12)11-18/h8-10,13H,3-7H2,1-2H3. The largest absolute Gasteiger partial charge is 0.334 e. The highest BCUT2D eigenvalue weighted by molar-refractivity contribution is 5.54. The Balaban J connectivity index is 1.88. The Morgan fingerprint density at radius 1 is 1.27 bits per heavy atom. The van der Waals surface area contributed by atoms with Crippen LogP contribution >= 0.6 is 0 Å². The molecule has 3 rings (SSSR count). The third-order valence-corrected chi connectivity index (χ3v) is 4.75. The van der Waals surface area contributed by atoms with Gasteiger partial charge in [-0.2, -0.15) is 10.2 Å². The Bertz CT molecular complexity index is 693. The third-order valence-electron chi connectivity index (χ3n) is 4.75. The van der Waals surface area contributed by atoms with Crippen molar-refractivity contribution in [1.82, 2.24) is 15.1 Å². The number of pyridine rings is 1. The molecule has 0 aliphatic heterocycles. The van der Waals surface area contributed by atoms with E-state index in [2.05, 4.69) is 29.0 Å². The molecule has 114 valence electrons. The van der Waals surface area contributed by atoms with E-state index < -0.39 is 0 Å². The van der Waals surface area contributed by atoms with Gasteiger partial charge in [-0.25, -0.2) is 4.98 Å². The highest BCUT2D eigenvalue weighted by Crippen LogP contribution is 2.39. The van der Waals surface area contributed by atoms with Gasteiger partial charge in [0, 0.05) is 17.2 Å². The average molecular weight is 296 g/mol. The van der Waals surface area contributed by atoms with Crippen LogP contribution in [0.15, 0.2) is 22.9 Å². The molecule has 0 unspecified atom stereocenters. The molecule has 0 amide bonds. The molecule has 0 atom stereocenters. The molecule has 0 saturated heterocycles. The number of hydrogen-bond donors (Lipinski definition) is 0. The van der Waals surface area contributed by atoms with Crippen LogP contribution in [0.4, 0.5) is 0 Å². The van der Waals surface area contributed by atoms with Crippen molar-refractivity contribution in [3.05, 3.63) is 29.8 Å². The maximum absolute atomic E-state index is 8.93. The molecule has 22 heavy (non-hydrogen) atoms. The first kappa shape index (κ1) is 14.7. The van der Waals surface area contributed by atoms with Crippen molar-refractivity contribution in [2.75, 3.05) is 0 Å². The first-order chi connectivity index (χ1) is 10.6. The zero-order valence-electron chi connectivity index (χ0n) is 13.0. The molecule has 0 bridgehead atoms. The minimum atomic E-state index is -0.0900. The van der Waals surface area contributed by atoms with Crippen molar-refractivity contribution in [2.24, 2.45) is 5.92 Å². The molecule has 0 aromatic carbocycles. The second kappa shape index (κ2) is 5.88. The normalized spacial score (nSPS) is 16.4. The summed E-state index contributed by atoms with van der Waals surface area (Å²) in [4.78, 5) is 8.55. The van der Waals surface area contributed by atoms with E-state index in [1.165, 1.54) is 32.1 Å². The van der Waals surface area contributed by atoms with E-state index >= 15 is 0 Å². The van der Waals surface area contributed by atoms with Crippen molar-refractivity contribution in [1.29, 1.82) is 5.26 Å². The fourth-order valence-corrected chi connectivity index (χ4v) is 3.23. The molecule has 0 radical (unpaired) electrons.